The van der Waals surface area contributed by atoms with Crippen molar-refractivity contribution in [3.8, 4) is 11.5 Å². The molecule has 1 saturated heterocycles. The lowest BCUT2D eigenvalue weighted by Gasteiger charge is -2.48. The molecule has 10 nitrogen and oxygen atoms in total. The normalized spacial score (nSPS) is 22.1. The summed E-state index contributed by atoms with van der Waals surface area (Å²) in [7, 11) is -1.90. The van der Waals surface area contributed by atoms with E-state index in [-0.39, 0.29) is 5.56 Å². The molecule has 1 heterocycles. The van der Waals surface area contributed by atoms with Crippen molar-refractivity contribution in [3.05, 3.63) is 69.7 Å². The molecule has 0 spiro atoms. The summed E-state index contributed by atoms with van der Waals surface area (Å²) in [6, 6.07) is 12.5. The maximum Gasteiger partial charge on any atom is 0.303 e. The van der Waals surface area contributed by atoms with Crippen molar-refractivity contribution < 1.29 is 48.0 Å². The van der Waals surface area contributed by atoms with Crippen LogP contribution in [0.15, 0.2) is 42.5 Å². The van der Waals surface area contributed by atoms with E-state index in [1.807, 2.05) is 24.3 Å². The highest BCUT2D eigenvalue weighted by Crippen LogP contribution is 2.43. The van der Waals surface area contributed by atoms with E-state index in [2.05, 4.69) is 53.0 Å². The number of hydrogen-bond donors (Lipinski definition) is 1. The molecule has 50 heavy (non-hydrogen) atoms. The quantitative estimate of drug-likeness (QED) is 0.120. The minimum absolute atomic E-state index is 0.106. The molecule has 3 rings (SSSR count). The second-order valence-electron chi connectivity index (χ2n) is 13.7. The highest BCUT2D eigenvalue weighted by atomic mass is 35.5. The van der Waals surface area contributed by atoms with Gasteiger partial charge in [-0.05, 0) is 58.4 Å². The molecule has 1 unspecified atom stereocenters. The molecule has 272 valence electrons. The van der Waals surface area contributed by atoms with Crippen LogP contribution in [0.2, 0.25) is 21.6 Å². The predicted molar refractivity (Wildman–Crippen MR) is 191 cm³/mol. The zero-order chi connectivity index (χ0) is 37.6. The molecule has 2 aromatic carbocycles. The third-order valence-corrected chi connectivity index (χ3v) is 15.8. The van der Waals surface area contributed by atoms with E-state index in [1.165, 1.54) is 13.0 Å². The van der Waals surface area contributed by atoms with E-state index in [4.69, 9.17) is 35.3 Å². The van der Waals surface area contributed by atoms with Crippen LogP contribution >= 0.6 is 11.6 Å². The van der Waals surface area contributed by atoms with Gasteiger partial charge in [0.15, 0.2) is 12.2 Å². The van der Waals surface area contributed by atoms with E-state index in [1.54, 1.807) is 12.1 Å². The van der Waals surface area contributed by atoms with Gasteiger partial charge in [-0.1, -0.05) is 77.3 Å². The summed E-state index contributed by atoms with van der Waals surface area (Å²) in [5, 5.41) is 12.7. The molecule has 0 amide bonds. The van der Waals surface area contributed by atoms with Crippen LogP contribution in [0.25, 0.3) is 0 Å². The summed E-state index contributed by atoms with van der Waals surface area (Å²) in [6.45, 7) is 17.7. The van der Waals surface area contributed by atoms with Crippen LogP contribution in [0.3, 0.4) is 0 Å². The number of carbonyl (C=O) groups is 4. The fourth-order valence-electron chi connectivity index (χ4n) is 6.99. The van der Waals surface area contributed by atoms with E-state index in [0.717, 1.165) is 31.9 Å². The zero-order valence-corrected chi connectivity index (χ0v) is 32.3. The molecular weight excluding hydrogens is 680 g/mol. The second-order valence-corrected chi connectivity index (χ2v) is 19.6. The Hall–Kier alpha value is -3.69. The Morgan fingerprint density at radius 2 is 1.36 bits per heavy atom. The largest absolute Gasteiger partial charge is 0.463 e. The van der Waals surface area contributed by atoms with Gasteiger partial charge in [-0.15, -0.1) is 5.54 Å². The van der Waals surface area contributed by atoms with Crippen LogP contribution in [0.1, 0.15) is 91.5 Å². The van der Waals surface area contributed by atoms with Crippen LogP contribution in [0, 0.1) is 11.5 Å². The molecule has 2 aromatic rings. The first kappa shape index (κ1) is 40.7. The van der Waals surface area contributed by atoms with Crippen molar-refractivity contribution in [2.75, 3.05) is 6.61 Å². The summed E-state index contributed by atoms with van der Waals surface area (Å²) >= 11 is 6.65. The Morgan fingerprint density at radius 3 is 1.86 bits per heavy atom. The number of benzene rings is 2. The maximum atomic E-state index is 12.3. The number of esters is 4. The van der Waals surface area contributed by atoms with Crippen molar-refractivity contribution in [3.63, 3.8) is 0 Å². The van der Waals surface area contributed by atoms with Crippen LogP contribution in [-0.4, -0.2) is 68.1 Å². The molecule has 0 aromatic heterocycles. The van der Waals surface area contributed by atoms with Crippen molar-refractivity contribution in [1.29, 1.82) is 0 Å². The molecule has 1 aliphatic rings. The van der Waals surface area contributed by atoms with Gasteiger partial charge < -0.3 is 28.8 Å². The standard InChI is InChI=1S/C38H49ClO10Si/c1-22(2)50(23(3)4,24(5)6)18-17-29-11-13-30(14-12-29)19-31-20-32(15-16-33(31)39)38(44)37(48-28(10)43)36(47-27(9)42)35(46-26(8)41)34(49-38)21-45-25(7)40/h11-16,20,22-24,34-37,44H,19,21H2,1-10H3/t34-,35-,36+,37-,38?/m1/s1. The Morgan fingerprint density at radius 1 is 0.820 bits per heavy atom. The highest BCUT2D eigenvalue weighted by molar-refractivity contribution is 6.90. The minimum atomic E-state index is -2.47. The smallest absolute Gasteiger partial charge is 0.303 e. The number of carbonyl (C=O) groups excluding carboxylic acids is 4. The lowest BCUT2D eigenvalue weighted by molar-refractivity contribution is -0.360. The van der Waals surface area contributed by atoms with Crippen LogP contribution < -0.4 is 0 Å². The van der Waals surface area contributed by atoms with Gasteiger partial charge in [-0.25, -0.2) is 0 Å². The third-order valence-electron chi connectivity index (χ3n) is 9.15. The molecule has 1 N–H and O–H groups in total. The topological polar surface area (TPSA) is 135 Å². The third kappa shape index (κ3) is 9.54. The Kier molecular flexibility index (Phi) is 13.9. The highest BCUT2D eigenvalue weighted by Gasteiger charge is 2.60. The van der Waals surface area contributed by atoms with E-state index < -0.39 is 68.8 Å². The van der Waals surface area contributed by atoms with Gasteiger partial charge in [0.25, 0.3) is 0 Å². The van der Waals surface area contributed by atoms with Crippen LogP contribution in [0.4, 0.5) is 0 Å². The first-order chi connectivity index (χ1) is 23.3. The molecule has 12 heteroatoms. The Bertz CT molecular complexity index is 1590. The van der Waals surface area contributed by atoms with Gasteiger partial charge in [0.1, 0.15) is 20.8 Å². The first-order valence-electron chi connectivity index (χ1n) is 16.8. The first-order valence-corrected chi connectivity index (χ1v) is 19.4. The fourth-order valence-corrected chi connectivity index (χ4v) is 12.4. The SMILES string of the molecule is CC(=O)OC[C@H]1OC(O)(c2ccc(Cl)c(Cc3ccc(C#C[Si](C(C)C)(C(C)C)C(C)C)cc3)c2)[C@H](OC(C)=O)[C@@H](OC(C)=O)[C@@H]1OC(C)=O. The second kappa shape index (κ2) is 17.0. The van der Waals surface area contributed by atoms with Crippen LogP contribution in [-0.2, 0) is 55.1 Å². The van der Waals surface area contributed by atoms with Gasteiger partial charge in [-0.3, -0.25) is 19.2 Å². The Labute approximate surface area is 301 Å². The fraction of sp³-hybridized carbons (Fsp3) is 0.526. The lowest BCUT2D eigenvalue weighted by atomic mass is 9.86. The molecule has 5 atom stereocenters. The van der Waals surface area contributed by atoms with Gasteiger partial charge in [-0.2, -0.15) is 0 Å². The van der Waals surface area contributed by atoms with Crippen LogP contribution in [0.5, 0.6) is 0 Å². The molecule has 0 aliphatic carbocycles. The van der Waals surface area contributed by atoms with Gasteiger partial charge >= 0.3 is 23.9 Å². The average molecular weight is 729 g/mol. The molecule has 1 aliphatic heterocycles. The predicted octanol–water partition coefficient (Wildman–Crippen LogP) is 6.40. The number of halogens is 1. The minimum Gasteiger partial charge on any atom is -0.463 e. The van der Waals surface area contributed by atoms with Gasteiger partial charge in [0.05, 0.1) is 0 Å². The molecule has 0 radical (unpaired) electrons. The van der Waals surface area contributed by atoms with E-state index in [9.17, 15) is 24.3 Å². The number of rotatable bonds is 11. The summed E-state index contributed by atoms with van der Waals surface area (Å²) in [5.74, 6) is -2.09. The molecular formula is C38H49ClO10Si. The van der Waals surface area contributed by atoms with Crippen molar-refractivity contribution in [2.24, 2.45) is 0 Å². The maximum absolute atomic E-state index is 12.3. The van der Waals surface area contributed by atoms with Gasteiger partial charge in [0, 0.05) is 43.8 Å². The zero-order valence-electron chi connectivity index (χ0n) is 30.5. The lowest BCUT2D eigenvalue weighted by Crippen LogP contribution is -2.66. The Balaban J connectivity index is 2.05. The summed E-state index contributed by atoms with van der Waals surface area (Å²) in [5.41, 5.74) is 7.83. The summed E-state index contributed by atoms with van der Waals surface area (Å²) < 4.78 is 27.7. The summed E-state index contributed by atoms with van der Waals surface area (Å²) in [4.78, 5) is 48.4. The van der Waals surface area contributed by atoms with E-state index >= 15 is 0 Å². The molecule has 0 saturated carbocycles. The van der Waals surface area contributed by atoms with Crippen molar-refractivity contribution in [1.82, 2.24) is 0 Å². The van der Waals surface area contributed by atoms with E-state index in [0.29, 0.717) is 33.6 Å². The number of hydrogen-bond acceptors (Lipinski definition) is 10. The van der Waals surface area contributed by atoms with Crippen molar-refractivity contribution in [2.45, 2.75) is 122 Å². The van der Waals surface area contributed by atoms with Crippen molar-refractivity contribution >= 4 is 43.6 Å². The number of ether oxygens (including phenoxy) is 5. The monoisotopic (exact) mass is 728 g/mol. The average Bonchev–Trinajstić information content (AvgIpc) is 3.00. The van der Waals surface area contributed by atoms with Gasteiger partial charge in [0.2, 0.25) is 11.9 Å². The summed E-state index contributed by atoms with van der Waals surface area (Å²) in [6.07, 6.45) is -5.63. The molecule has 1 fully saturated rings. The number of aliphatic hydroxyl groups is 1. The molecule has 0 bridgehead atoms.